The smallest absolute Gasteiger partial charge is 0.227 e. The third kappa shape index (κ3) is 3.45. The van der Waals surface area contributed by atoms with Crippen LogP contribution in [-0.4, -0.2) is 26.2 Å². The van der Waals surface area contributed by atoms with E-state index in [0.29, 0.717) is 5.92 Å². The average Bonchev–Trinajstić information content (AvgIpc) is 3.63. The van der Waals surface area contributed by atoms with Crippen LogP contribution in [0.4, 0.5) is 5.69 Å². The summed E-state index contributed by atoms with van der Waals surface area (Å²) >= 11 is 0. The molecule has 158 valence electrons. The number of carbonyl (C=O) groups excluding carboxylic acids is 1. The Balaban J connectivity index is 1.58. The lowest BCUT2D eigenvalue weighted by atomic mass is 9.75. The molecule has 3 aliphatic rings. The van der Waals surface area contributed by atoms with Crippen LogP contribution in [-0.2, 0) is 9.53 Å². The number of anilines is 1. The van der Waals surface area contributed by atoms with Crippen LogP contribution in [0.3, 0.4) is 0 Å². The highest BCUT2D eigenvalue weighted by atomic mass is 16.5. The molecule has 0 bridgehead atoms. The van der Waals surface area contributed by atoms with E-state index in [2.05, 4.69) is 11.4 Å². The average molecular weight is 408 g/mol. The van der Waals surface area contributed by atoms with E-state index < -0.39 is 0 Å². The summed E-state index contributed by atoms with van der Waals surface area (Å²) in [6.07, 6.45) is 6.45. The number of nitrogens with one attached hydrogen (secondary N) is 1. The Hall–Kier alpha value is -2.53. The molecule has 0 aromatic heterocycles. The third-order valence-electron chi connectivity index (χ3n) is 6.70. The fraction of sp³-hybridized carbons (Fsp3) is 0.480. The number of benzene rings is 2. The van der Waals surface area contributed by atoms with Gasteiger partial charge in [-0.1, -0.05) is 25.0 Å². The van der Waals surface area contributed by atoms with Gasteiger partial charge in [0.05, 0.1) is 20.3 Å². The maximum Gasteiger partial charge on any atom is 0.227 e. The lowest BCUT2D eigenvalue weighted by Gasteiger charge is -2.42. The molecule has 30 heavy (non-hydrogen) atoms. The van der Waals surface area contributed by atoms with Crippen LogP contribution >= 0.6 is 0 Å². The van der Waals surface area contributed by atoms with Crippen LogP contribution in [0.25, 0.3) is 0 Å². The molecule has 1 heterocycles. The van der Waals surface area contributed by atoms with E-state index in [-0.39, 0.29) is 24.0 Å². The number of methoxy groups -OCH3 is 2. The van der Waals surface area contributed by atoms with Crippen LogP contribution in [0.1, 0.15) is 67.2 Å². The number of hydrogen-bond acceptors (Lipinski definition) is 4. The zero-order valence-electron chi connectivity index (χ0n) is 17.6. The number of rotatable bonds is 5. The van der Waals surface area contributed by atoms with E-state index >= 15 is 0 Å². The molecule has 0 unspecified atom stereocenters. The van der Waals surface area contributed by atoms with Crippen LogP contribution in [0.15, 0.2) is 36.4 Å². The minimum absolute atomic E-state index is 0.115. The standard InChI is InChI=1S/C25H29NO4/c1-28-20-12-13-21(29-2)23-22(20)18-8-3-4-9-19(18)30-24(23)16-6-5-7-17(14-16)26-25(27)15-10-11-15/h5-7,12-15,18-19,24H,3-4,8-11H2,1-2H3,(H,26,27)/t18-,19-,24+/m0/s1. The second-order valence-electron chi connectivity index (χ2n) is 8.63. The Morgan fingerprint density at radius 3 is 2.43 bits per heavy atom. The van der Waals surface area contributed by atoms with E-state index in [1.807, 2.05) is 30.3 Å². The van der Waals surface area contributed by atoms with Crippen molar-refractivity contribution in [2.75, 3.05) is 19.5 Å². The molecule has 0 saturated heterocycles. The summed E-state index contributed by atoms with van der Waals surface area (Å²) in [5, 5.41) is 3.06. The molecule has 2 aromatic rings. The van der Waals surface area contributed by atoms with E-state index in [0.717, 1.165) is 54.0 Å². The molecule has 1 aliphatic heterocycles. The van der Waals surface area contributed by atoms with Crippen LogP contribution < -0.4 is 14.8 Å². The van der Waals surface area contributed by atoms with Gasteiger partial charge >= 0.3 is 0 Å². The first-order valence-electron chi connectivity index (χ1n) is 11.0. The first kappa shape index (κ1) is 19.4. The topological polar surface area (TPSA) is 56.8 Å². The minimum atomic E-state index is -0.248. The van der Waals surface area contributed by atoms with Gasteiger partial charge in [0.1, 0.15) is 17.6 Å². The lowest BCUT2D eigenvalue weighted by Crippen LogP contribution is -2.34. The number of carbonyl (C=O) groups is 1. The van der Waals surface area contributed by atoms with Crippen molar-refractivity contribution in [1.29, 1.82) is 0 Å². The maximum absolute atomic E-state index is 12.3. The van der Waals surface area contributed by atoms with Gasteiger partial charge in [-0.3, -0.25) is 4.79 Å². The predicted octanol–water partition coefficient (Wildman–Crippen LogP) is 5.20. The van der Waals surface area contributed by atoms with Gasteiger partial charge in [0, 0.05) is 28.7 Å². The van der Waals surface area contributed by atoms with Gasteiger partial charge in [0.15, 0.2) is 0 Å². The third-order valence-corrected chi connectivity index (χ3v) is 6.70. The van der Waals surface area contributed by atoms with Crippen molar-refractivity contribution in [3.8, 4) is 11.5 Å². The number of hydrogen-bond donors (Lipinski definition) is 1. The van der Waals surface area contributed by atoms with Crippen molar-refractivity contribution in [2.24, 2.45) is 5.92 Å². The van der Waals surface area contributed by atoms with Gasteiger partial charge in [-0.15, -0.1) is 0 Å². The number of amides is 1. The van der Waals surface area contributed by atoms with Crippen LogP contribution in [0, 0.1) is 5.92 Å². The van der Waals surface area contributed by atoms with Gasteiger partial charge in [0.25, 0.3) is 0 Å². The fourth-order valence-corrected chi connectivity index (χ4v) is 5.05. The number of fused-ring (bicyclic) bond motifs is 3. The Bertz CT molecular complexity index is 952. The molecule has 5 heteroatoms. The summed E-state index contributed by atoms with van der Waals surface area (Å²) in [6.45, 7) is 0. The summed E-state index contributed by atoms with van der Waals surface area (Å²) in [7, 11) is 3.44. The molecule has 2 aromatic carbocycles. The van der Waals surface area contributed by atoms with E-state index in [4.69, 9.17) is 14.2 Å². The van der Waals surface area contributed by atoms with E-state index in [9.17, 15) is 4.79 Å². The lowest BCUT2D eigenvalue weighted by molar-refractivity contribution is -0.117. The monoisotopic (exact) mass is 407 g/mol. The molecule has 1 amide bonds. The van der Waals surface area contributed by atoms with Gasteiger partial charge in [-0.25, -0.2) is 0 Å². The Kier molecular flexibility index (Phi) is 5.15. The Labute approximate surface area is 177 Å². The van der Waals surface area contributed by atoms with Crippen LogP contribution in [0.2, 0.25) is 0 Å². The summed E-state index contributed by atoms with van der Waals surface area (Å²) in [5.41, 5.74) is 4.14. The number of ether oxygens (including phenoxy) is 3. The first-order chi connectivity index (χ1) is 14.7. The van der Waals surface area contributed by atoms with Gasteiger partial charge in [-0.05, 0) is 55.5 Å². The second kappa shape index (κ2) is 7.95. The second-order valence-corrected chi connectivity index (χ2v) is 8.63. The predicted molar refractivity (Wildman–Crippen MR) is 115 cm³/mol. The molecule has 5 rings (SSSR count). The van der Waals surface area contributed by atoms with Crippen molar-refractivity contribution in [3.63, 3.8) is 0 Å². The molecular formula is C25H29NO4. The van der Waals surface area contributed by atoms with Gasteiger partial charge < -0.3 is 19.5 Å². The molecule has 0 spiro atoms. The van der Waals surface area contributed by atoms with Gasteiger partial charge in [-0.2, -0.15) is 0 Å². The molecule has 2 aliphatic carbocycles. The largest absolute Gasteiger partial charge is 0.496 e. The highest BCUT2D eigenvalue weighted by molar-refractivity contribution is 5.94. The Morgan fingerprint density at radius 1 is 0.967 bits per heavy atom. The Morgan fingerprint density at radius 2 is 1.70 bits per heavy atom. The molecule has 1 N–H and O–H groups in total. The SMILES string of the molecule is COc1ccc(OC)c2c1[C@@H](c1cccc(NC(=O)C3CC3)c1)O[C@H]1CCCC[C@H]21. The van der Waals surface area contributed by atoms with E-state index in [1.165, 1.54) is 18.4 Å². The first-order valence-corrected chi connectivity index (χ1v) is 11.0. The zero-order valence-corrected chi connectivity index (χ0v) is 17.6. The van der Waals surface area contributed by atoms with E-state index in [1.54, 1.807) is 14.2 Å². The van der Waals surface area contributed by atoms with Crippen molar-refractivity contribution in [3.05, 3.63) is 53.1 Å². The van der Waals surface area contributed by atoms with Crippen molar-refractivity contribution < 1.29 is 19.0 Å². The minimum Gasteiger partial charge on any atom is -0.496 e. The van der Waals surface area contributed by atoms with Crippen molar-refractivity contribution in [2.45, 2.75) is 56.7 Å². The summed E-state index contributed by atoms with van der Waals surface area (Å²) in [5.74, 6) is 2.35. The summed E-state index contributed by atoms with van der Waals surface area (Å²) in [4.78, 5) is 12.3. The summed E-state index contributed by atoms with van der Waals surface area (Å²) in [6, 6.07) is 12.0. The van der Waals surface area contributed by atoms with Crippen LogP contribution in [0.5, 0.6) is 11.5 Å². The zero-order chi connectivity index (χ0) is 20.7. The van der Waals surface area contributed by atoms with Crippen molar-refractivity contribution >= 4 is 11.6 Å². The summed E-state index contributed by atoms with van der Waals surface area (Å²) < 4.78 is 18.3. The molecule has 2 saturated carbocycles. The molecular weight excluding hydrogens is 378 g/mol. The van der Waals surface area contributed by atoms with Gasteiger partial charge in [0.2, 0.25) is 5.91 Å². The molecule has 0 radical (unpaired) electrons. The van der Waals surface area contributed by atoms with Crippen molar-refractivity contribution in [1.82, 2.24) is 0 Å². The highest BCUT2D eigenvalue weighted by Crippen LogP contribution is 2.53. The highest BCUT2D eigenvalue weighted by Gasteiger charge is 2.41. The quantitative estimate of drug-likeness (QED) is 0.740. The molecule has 5 nitrogen and oxygen atoms in total. The normalized spacial score (nSPS) is 25.1. The maximum atomic E-state index is 12.3. The fourth-order valence-electron chi connectivity index (χ4n) is 5.05. The molecule has 2 fully saturated rings. The molecule has 3 atom stereocenters.